The van der Waals surface area contributed by atoms with Crippen LogP contribution < -0.4 is 4.90 Å². The molecule has 3 fully saturated rings. The van der Waals surface area contributed by atoms with Gasteiger partial charge in [-0.1, -0.05) is 0 Å². The highest BCUT2D eigenvalue weighted by Gasteiger charge is 2.40. The van der Waals surface area contributed by atoms with Crippen LogP contribution in [0, 0.1) is 5.92 Å². The van der Waals surface area contributed by atoms with Crippen molar-refractivity contribution in [3.8, 4) is 0 Å². The number of piperidine rings is 2. The van der Waals surface area contributed by atoms with Crippen molar-refractivity contribution in [2.75, 3.05) is 38.1 Å². The van der Waals surface area contributed by atoms with E-state index in [2.05, 4.69) is 21.9 Å². The predicted molar refractivity (Wildman–Crippen MR) is 102 cm³/mol. The number of hydrogen-bond acceptors (Lipinski definition) is 5. The van der Waals surface area contributed by atoms with Gasteiger partial charge in [0.1, 0.15) is 17.8 Å². The zero-order chi connectivity index (χ0) is 20.6. The van der Waals surface area contributed by atoms with Crippen molar-refractivity contribution in [1.29, 1.82) is 0 Å². The topological polar surface area (TPSA) is 52.6 Å². The highest BCUT2D eigenvalue weighted by atomic mass is 19.4. The Morgan fingerprint density at radius 2 is 1.76 bits per heavy atom. The van der Waals surface area contributed by atoms with E-state index in [9.17, 15) is 18.0 Å². The second kappa shape index (κ2) is 8.08. The number of aromatic nitrogens is 2. The summed E-state index contributed by atoms with van der Waals surface area (Å²) >= 11 is 0. The minimum atomic E-state index is -4.48. The van der Waals surface area contributed by atoms with Crippen molar-refractivity contribution in [3.05, 3.63) is 18.1 Å². The number of anilines is 1. The number of nitrogens with zero attached hydrogens (tertiary/aromatic N) is 5. The number of rotatable bonds is 4. The molecule has 9 heteroatoms. The Bertz CT molecular complexity index is 731. The molecular weight excluding hydrogens is 383 g/mol. The van der Waals surface area contributed by atoms with E-state index < -0.39 is 11.9 Å². The van der Waals surface area contributed by atoms with Crippen molar-refractivity contribution >= 4 is 11.7 Å². The lowest BCUT2D eigenvalue weighted by molar-refractivity contribution is -0.141. The smallest absolute Gasteiger partial charge is 0.350 e. The van der Waals surface area contributed by atoms with E-state index in [0.29, 0.717) is 18.9 Å². The fourth-order valence-corrected chi connectivity index (χ4v) is 4.66. The van der Waals surface area contributed by atoms with Gasteiger partial charge < -0.3 is 14.7 Å². The molecule has 0 aromatic carbocycles. The molecule has 0 spiro atoms. The third kappa shape index (κ3) is 4.65. The number of carbonyl (C=O) groups is 1. The van der Waals surface area contributed by atoms with Crippen LogP contribution in [0.25, 0.3) is 0 Å². The quantitative estimate of drug-likeness (QED) is 0.763. The first kappa shape index (κ1) is 20.4. The summed E-state index contributed by atoms with van der Waals surface area (Å²) in [7, 11) is 2.05. The fourth-order valence-electron chi connectivity index (χ4n) is 4.66. The van der Waals surface area contributed by atoms with Gasteiger partial charge >= 0.3 is 6.18 Å². The normalized spacial score (nSPS) is 24.6. The summed E-state index contributed by atoms with van der Waals surface area (Å²) in [6, 6.07) is 1.41. The maximum atomic E-state index is 13.1. The molecule has 1 aromatic rings. The van der Waals surface area contributed by atoms with Gasteiger partial charge in [0.15, 0.2) is 0 Å². The van der Waals surface area contributed by atoms with Gasteiger partial charge in [-0.2, -0.15) is 13.2 Å². The van der Waals surface area contributed by atoms with Crippen LogP contribution in [-0.4, -0.2) is 71.0 Å². The van der Waals surface area contributed by atoms with Gasteiger partial charge in [-0.05, 0) is 52.1 Å². The summed E-state index contributed by atoms with van der Waals surface area (Å²) in [5.74, 6) is 0.656. The number of halogens is 3. The summed E-state index contributed by atoms with van der Waals surface area (Å²) in [5.41, 5.74) is -0.901. The average molecular weight is 411 g/mol. The third-order valence-corrected chi connectivity index (χ3v) is 6.29. The van der Waals surface area contributed by atoms with E-state index in [1.165, 1.54) is 0 Å². The highest BCUT2D eigenvalue weighted by Crippen LogP contribution is 2.37. The van der Waals surface area contributed by atoms with Crippen LogP contribution in [0.5, 0.6) is 0 Å². The molecule has 3 heterocycles. The molecule has 160 valence electrons. The summed E-state index contributed by atoms with van der Waals surface area (Å²) in [5, 5.41) is 0. The van der Waals surface area contributed by atoms with Crippen LogP contribution in [-0.2, 0) is 11.0 Å². The molecule has 2 aliphatic heterocycles. The van der Waals surface area contributed by atoms with Crippen LogP contribution in [0.4, 0.5) is 19.0 Å². The molecule has 1 amide bonds. The monoisotopic (exact) mass is 411 g/mol. The van der Waals surface area contributed by atoms with Crippen molar-refractivity contribution in [3.63, 3.8) is 0 Å². The minimum absolute atomic E-state index is 0.0704. The van der Waals surface area contributed by atoms with Gasteiger partial charge in [0, 0.05) is 37.8 Å². The second-order valence-electron chi connectivity index (χ2n) is 8.56. The molecule has 1 saturated carbocycles. The number of likely N-dealkylation sites (tertiary alicyclic amines) is 2. The molecule has 0 radical (unpaired) electrons. The molecule has 2 saturated heterocycles. The van der Waals surface area contributed by atoms with Crippen molar-refractivity contribution in [2.24, 2.45) is 5.92 Å². The summed E-state index contributed by atoms with van der Waals surface area (Å²) in [4.78, 5) is 26.6. The minimum Gasteiger partial charge on any atom is -0.350 e. The maximum absolute atomic E-state index is 13.1. The molecule has 1 unspecified atom stereocenters. The zero-order valence-electron chi connectivity index (χ0n) is 16.7. The van der Waals surface area contributed by atoms with Crippen molar-refractivity contribution in [2.45, 2.75) is 56.8 Å². The molecule has 1 aliphatic carbocycles. The lowest BCUT2D eigenvalue weighted by Gasteiger charge is -2.41. The molecule has 3 aliphatic rings. The Hall–Kier alpha value is -1.90. The molecule has 6 nitrogen and oxygen atoms in total. The summed E-state index contributed by atoms with van der Waals surface area (Å²) < 4.78 is 39.2. The first-order chi connectivity index (χ1) is 13.8. The largest absolute Gasteiger partial charge is 0.433 e. The van der Waals surface area contributed by atoms with Gasteiger partial charge in [-0.3, -0.25) is 4.79 Å². The lowest BCUT2D eigenvalue weighted by Crippen LogP contribution is -2.51. The van der Waals surface area contributed by atoms with E-state index in [1.54, 1.807) is 0 Å². The van der Waals surface area contributed by atoms with E-state index in [0.717, 1.165) is 64.0 Å². The molecular formula is C20H28F3N5O. The van der Waals surface area contributed by atoms with E-state index in [1.807, 2.05) is 9.80 Å². The van der Waals surface area contributed by atoms with Crippen LogP contribution in [0.2, 0.25) is 0 Å². The lowest BCUT2D eigenvalue weighted by atomic mass is 9.95. The standard InChI is InChI=1S/C20H28F3N5O/c1-26-8-2-3-14(12-26)19(29)27-9-6-16(7-10-27)28(15-4-5-15)18-11-17(20(21,22)23)24-13-25-18/h11,13-16H,2-10,12H2,1H3. The van der Waals surface area contributed by atoms with Gasteiger partial charge in [0.25, 0.3) is 0 Å². The van der Waals surface area contributed by atoms with Crippen LogP contribution in [0.15, 0.2) is 12.4 Å². The van der Waals surface area contributed by atoms with Crippen LogP contribution in [0.3, 0.4) is 0 Å². The molecule has 0 bridgehead atoms. The molecule has 4 rings (SSSR count). The SMILES string of the molecule is CN1CCCC(C(=O)N2CCC(N(c3cc(C(F)(F)F)ncn3)C3CC3)CC2)C1. The second-order valence-corrected chi connectivity index (χ2v) is 8.56. The number of carbonyl (C=O) groups excluding carboxylic acids is 1. The Balaban J connectivity index is 1.42. The van der Waals surface area contributed by atoms with E-state index >= 15 is 0 Å². The fraction of sp³-hybridized carbons (Fsp3) is 0.750. The summed E-state index contributed by atoms with van der Waals surface area (Å²) in [6.07, 6.45) is 1.98. The van der Waals surface area contributed by atoms with Crippen LogP contribution in [0.1, 0.15) is 44.2 Å². The van der Waals surface area contributed by atoms with Crippen LogP contribution >= 0.6 is 0 Å². The van der Waals surface area contributed by atoms with Gasteiger partial charge in [0.05, 0.1) is 5.92 Å². The highest BCUT2D eigenvalue weighted by molar-refractivity contribution is 5.79. The Morgan fingerprint density at radius 3 is 2.38 bits per heavy atom. The first-order valence-electron chi connectivity index (χ1n) is 10.5. The van der Waals surface area contributed by atoms with Crippen molar-refractivity contribution in [1.82, 2.24) is 19.8 Å². The Labute approximate surface area is 169 Å². The number of alkyl halides is 3. The Kier molecular flexibility index (Phi) is 5.68. The zero-order valence-corrected chi connectivity index (χ0v) is 16.7. The molecule has 1 aromatic heterocycles. The molecule has 0 N–H and O–H groups in total. The molecule has 1 atom stereocenters. The average Bonchev–Trinajstić information content (AvgIpc) is 3.53. The molecule has 29 heavy (non-hydrogen) atoms. The Morgan fingerprint density at radius 1 is 1.07 bits per heavy atom. The number of hydrogen-bond donors (Lipinski definition) is 0. The van der Waals surface area contributed by atoms with Crippen molar-refractivity contribution < 1.29 is 18.0 Å². The first-order valence-corrected chi connectivity index (χ1v) is 10.5. The predicted octanol–water partition coefficient (Wildman–Crippen LogP) is 2.80. The van der Waals surface area contributed by atoms with E-state index in [-0.39, 0.29) is 23.9 Å². The third-order valence-electron chi connectivity index (χ3n) is 6.29. The summed E-state index contributed by atoms with van der Waals surface area (Å²) in [6.45, 7) is 3.17. The van der Waals surface area contributed by atoms with Gasteiger partial charge in [0.2, 0.25) is 5.91 Å². The van der Waals surface area contributed by atoms with Gasteiger partial charge in [-0.25, -0.2) is 9.97 Å². The maximum Gasteiger partial charge on any atom is 0.433 e. The van der Waals surface area contributed by atoms with Gasteiger partial charge in [-0.15, -0.1) is 0 Å². The van der Waals surface area contributed by atoms with E-state index in [4.69, 9.17) is 0 Å². The number of amides is 1.